The molecule has 0 aliphatic carbocycles. The van der Waals surface area contributed by atoms with Crippen LogP contribution in [-0.4, -0.2) is 21.4 Å². The molecule has 92 valence electrons. The van der Waals surface area contributed by atoms with Gasteiger partial charge in [-0.3, -0.25) is 0 Å². The molecule has 6 heteroatoms. The molecule has 0 bridgehead atoms. The first-order valence-corrected chi connectivity index (χ1v) is 7.36. The second-order valence-electron chi connectivity index (χ2n) is 4.51. The Labute approximate surface area is 109 Å². The molecule has 2 rings (SSSR count). The largest absolute Gasteiger partial charge is 0.338 e. The highest BCUT2D eigenvalue weighted by atomic mass is 32.2. The van der Waals surface area contributed by atoms with Gasteiger partial charge in [-0.25, -0.2) is 0 Å². The third-order valence-electron chi connectivity index (χ3n) is 1.95. The minimum absolute atomic E-state index is 0.166. The molecule has 0 fully saturated rings. The Balaban J connectivity index is 1.91. The standard InChI is InChI=1S/C11H15N3OS2/c1-11(2,12)7-17-6-9-13-10(14-15-9)8-3-4-16-5-8/h3-5H,6-7,12H2,1-2H3. The molecule has 2 N–H and O–H groups in total. The summed E-state index contributed by atoms with van der Waals surface area (Å²) < 4.78 is 5.19. The van der Waals surface area contributed by atoms with Crippen LogP contribution in [0.15, 0.2) is 21.3 Å². The van der Waals surface area contributed by atoms with Gasteiger partial charge in [-0.15, -0.1) is 0 Å². The summed E-state index contributed by atoms with van der Waals surface area (Å²) in [6, 6.07) is 1.98. The van der Waals surface area contributed by atoms with Gasteiger partial charge in [0, 0.05) is 22.2 Å². The lowest BCUT2D eigenvalue weighted by Gasteiger charge is -2.16. The van der Waals surface area contributed by atoms with Crippen LogP contribution in [0.2, 0.25) is 0 Å². The normalized spacial score (nSPS) is 11.9. The van der Waals surface area contributed by atoms with E-state index in [1.807, 2.05) is 30.7 Å². The summed E-state index contributed by atoms with van der Waals surface area (Å²) in [5, 5.41) is 7.95. The molecule has 2 aromatic heterocycles. The maximum absolute atomic E-state index is 5.90. The van der Waals surface area contributed by atoms with Gasteiger partial charge < -0.3 is 10.3 Å². The Morgan fingerprint density at radius 3 is 3.00 bits per heavy atom. The molecule has 0 spiro atoms. The molecule has 4 nitrogen and oxygen atoms in total. The number of nitrogens with zero attached hydrogens (tertiary/aromatic N) is 2. The SMILES string of the molecule is CC(C)(N)CSCc1nc(-c2ccsc2)no1. The van der Waals surface area contributed by atoms with E-state index in [-0.39, 0.29) is 5.54 Å². The molecular formula is C11H15N3OS2. The van der Waals surface area contributed by atoms with Gasteiger partial charge in [-0.1, -0.05) is 5.16 Å². The van der Waals surface area contributed by atoms with Gasteiger partial charge in [0.25, 0.3) is 0 Å². The molecule has 0 amide bonds. The van der Waals surface area contributed by atoms with Crippen LogP contribution in [0.25, 0.3) is 11.4 Å². The van der Waals surface area contributed by atoms with E-state index < -0.39 is 0 Å². The van der Waals surface area contributed by atoms with Crippen LogP contribution in [-0.2, 0) is 5.75 Å². The van der Waals surface area contributed by atoms with Gasteiger partial charge in [0.05, 0.1) is 5.75 Å². The molecule has 0 aliphatic heterocycles. The Morgan fingerprint density at radius 2 is 2.35 bits per heavy atom. The summed E-state index contributed by atoms with van der Waals surface area (Å²) in [5.74, 6) is 2.88. The van der Waals surface area contributed by atoms with Crippen molar-refractivity contribution in [2.45, 2.75) is 25.1 Å². The first-order valence-electron chi connectivity index (χ1n) is 5.26. The monoisotopic (exact) mass is 269 g/mol. The highest BCUT2D eigenvalue weighted by Gasteiger charge is 2.13. The predicted octanol–water partition coefficient (Wildman–Crippen LogP) is 2.77. The van der Waals surface area contributed by atoms with Crippen molar-refractivity contribution < 1.29 is 4.52 Å². The minimum atomic E-state index is -0.166. The molecule has 0 unspecified atom stereocenters. The first-order chi connectivity index (χ1) is 8.04. The van der Waals surface area contributed by atoms with Crippen molar-refractivity contribution in [1.29, 1.82) is 0 Å². The van der Waals surface area contributed by atoms with Gasteiger partial charge in [0.1, 0.15) is 0 Å². The number of thiophene rings is 1. The number of hydrogen-bond acceptors (Lipinski definition) is 6. The van der Waals surface area contributed by atoms with Crippen molar-refractivity contribution in [3.63, 3.8) is 0 Å². The van der Waals surface area contributed by atoms with Gasteiger partial charge in [0.2, 0.25) is 11.7 Å². The highest BCUT2D eigenvalue weighted by Crippen LogP contribution is 2.21. The van der Waals surface area contributed by atoms with Crippen LogP contribution in [0, 0.1) is 0 Å². The fourth-order valence-corrected chi connectivity index (χ4v) is 2.78. The van der Waals surface area contributed by atoms with Crippen LogP contribution in [0.4, 0.5) is 0 Å². The van der Waals surface area contributed by atoms with Crippen LogP contribution in [0.1, 0.15) is 19.7 Å². The van der Waals surface area contributed by atoms with E-state index in [2.05, 4.69) is 10.1 Å². The van der Waals surface area contributed by atoms with Crippen molar-refractivity contribution in [2.75, 3.05) is 5.75 Å². The Kier molecular flexibility index (Phi) is 3.86. The summed E-state index contributed by atoms with van der Waals surface area (Å²) in [4.78, 5) is 4.34. The summed E-state index contributed by atoms with van der Waals surface area (Å²) in [5.41, 5.74) is 6.74. The average Bonchev–Trinajstić information content (AvgIpc) is 2.83. The average molecular weight is 269 g/mol. The zero-order chi connectivity index (χ0) is 12.3. The van der Waals surface area contributed by atoms with Crippen molar-refractivity contribution in [1.82, 2.24) is 10.1 Å². The van der Waals surface area contributed by atoms with Gasteiger partial charge in [-0.2, -0.15) is 28.1 Å². The van der Waals surface area contributed by atoms with Crippen molar-refractivity contribution in [2.24, 2.45) is 5.73 Å². The summed E-state index contributed by atoms with van der Waals surface area (Å²) in [6.07, 6.45) is 0. The number of hydrogen-bond donors (Lipinski definition) is 1. The van der Waals surface area contributed by atoms with Gasteiger partial charge in [0.15, 0.2) is 0 Å². The number of nitrogens with two attached hydrogens (primary N) is 1. The molecule has 2 aromatic rings. The van der Waals surface area contributed by atoms with E-state index in [0.717, 1.165) is 11.3 Å². The number of rotatable bonds is 5. The molecule has 0 saturated carbocycles. The predicted molar refractivity (Wildman–Crippen MR) is 72.0 cm³/mol. The second-order valence-corrected chi connectivity index (χ2v) is 6.27. The second kappa shape index (κ2) is 5.20. The molecular weight excluding hydrogens is 254 g/mol. The number of thioether (sulfide) groups is 1. The fourth-order valence-electron chi connectivity index (χ4n) is 1.22. The lowest BCUT2D eigenvalue weighted by Crippen LogP contribution is -2.34. The Morgan fingerprint density at radius 1 is 1.53 bits per heavy atom. The van der Waals surface area contributed by atoms with E-state index in [0.29, 0.717) is 17.5 Å². The van der Waals surface area contributed by atoms with Gasteiger partial charge >= 0.3 is 0 Å². The van der Waals surface area contributed by atoms with Crippen LogP contribution in [0.5, 0.6) is 0 Å². The van der Waals surface area contributed by atoms with E-state index in [1.54, 1.807) is 23.1 Å². The lowest BCUT2D eigenvalue weighted by molar-refractivity contribution is 0.391. The summed E-state index contributed by atoms with van der Waals surface area (Å²) >= 11 is 3.33. The maximum Gasteiger partial charge on any atom is 0.236 e. The molecule has 0 saturated heterocycles. The molecule has 0 aliphatic rings. The highest BCUT2D eigenvalue weighted by molar-refractivity contribution is 7.98. The molecule has 17 heavy (non-hydrogen) atoms. The van der Waals surface area contributed by atoms with Crippen LogP contribution < -0.4 is 5.73 Å². The van der Waals surface area contributed by atoms with Crippen molar-refractivity contribution >= 4 is 23.1 Å². The van der Waals surface area contributed by atoms with Crippen LogP contribution >= 0.6 is 23.1 Å². The lowest BCUT2D eigenvalue weighted by atomic mass is 10.1. The molecule has 2 heterocycles. The smallest absolute Gasteiger partial charge is 0.236 e. The minimum Gasteiger partial charge on any atom is -0.338 e. The van der Waals surface area contributed by atoms with E-state index in [9.17, 15) is 0 Å². The molecule has 0 radical (unpaired) electrons. The maximum atomic E-state index is 5.90. The van der Waals surface area contributed by atoms with E-state index in [4.69, 9.17) is 10.3 Å². The summed E-state index contributed by atoms with van der Waals surface area (Å²) in [7, 11) is 0. The van der Waals surface area contributed by atoms with Gasteiger partial charge in [-0.05, 0) is 25.3 Å². The topological polar surface area (TPSA) is 64.9 Å². The fraction of sp³-hybridized carbons (Fsp3) is 0.455. The Bertz CT molecular complexity index is 459. The zero-order valence-electron chi connectivity index (χ0n) is 9.84. The molecule has 0 atom stereocenters. The van der Waals surface area contributed by atoms with Crippen molar-refractivity contribution in [3.8, 4) is 11.4 Å². The van der Waals surface area contributed by atoms with Crippen LogP contribution in [0.3, 0.4) is 0 Å². The third kappa shape index (κ3) is 3.83. The quantitative estimate of drug-likeness (QED) is 0.904. The first kappa shape index (κ1) is 12.6. The van der Waals surface area contributed by atoms with E-state index >= 15 is 0 Å². The third-order valence-corrected chi connectivity index (χ3v) is 4.03. The van der Waals surface area contributed by atoms with E-state index in [1.165, 1.54) is 0 Å². The zero-order valence-corrected chi connectivity index (χ0v) is 11.5. The molecule has 0 aromatic carbocycles. The number of aromatic nitrogens is 2. The van der Waals surface area contributed by atoms with Crippen molar-refractivity contribution in [3.05, 3.63) is 22.7 Å². The summed E-state index contributed by atoms with van der Waals surface area (Å²) in [6.45, 7) is 4.01. The Hall–Kier alpha value is -0.850.